The van der Waals surface area contributed by atoms with Crippen LogP contribution in [0, 0.1) is 35.5 Å². The van der Waals surface area contributed by atoms with Gasteiger partial charge < -0.3 is 83.7 Å². The summed E-state index contributed by atoms with van der Waals surface area (Å²) >= 11 is 1.68. The van der Waals surface area contributed by atoms with E-state index in [0.717, 1.165) is 24.2 Å². The first-order chi connectivity index (χ1) is 49.5. The van der Waals surface area contributed by atoms with Crippen molar-refractivity contribution in [2.24, 2.45) is 35.5 Å². The third-order valence-electron chi connectivity index (χ3n) is 21.6. The number of fused-ring (bicyclic) bond motifs is 5. The van der Waals surface area contributed by atoms with Crippen molar-refractivity contribution in [1.82, 2.24) is 68.0 Å². The average molecular weight is 1460 g/mol. The highest BCUT2D eigenvalue weighted by molar-refractivity contribution is 8.02. The molecule has 1 aromatic heterocycles. The predicted octanol–water partition coefficient (Wildman–Crippen LogP) is -1.17. The van der Waals surface area contributed by atoms with Crippen LogP contribution in [0.1, 0.15) is 135 Å². The fraction of sp³-hybridized carbons (Fsp3) is 0.611. The van der Waals surface area contributed by atoms with E-state index in [2.05, 4.69) is 63.5 Å². The van der Waals surface area contributed by atoms with Crippen molar-refractivity contribution in [3.63, 3.8) is 0 Å². The molecule has 0 radical (unpaired) electrons. The molecule has 8 aliphatic rings. The number of hydrogen-bond acceptors (Lipinski definition) is 18. The zero-order chi connectivity index (χ0) is 75.0. The maximum Gasteiger partial charge on any atom is 0.246 e. The normalized spacial score (nSPS) is 28.7. The number of aliphatic hydroxyl groups excluding tert-OH is 3. The molecule has 13 atom stereocenters. The van der Waals surface area contributed by atoms with Gasteiger partial charge in [-0.1, -0.05) is 71.4 Å². The first-order valence-electron chi connectivity index (χ1n) is 36.2. The number of benzene rings is 2. The maximum absolute atomic E-state index is 15.1. The molecule has 104 heavy (non-hydrogen) atoms. The highest BCUT2D eigenvalue weighted by Crippen LogP contribution is 2.62. The molecule has 4 saturated carbocycles. The topological polar surface area (TPSA) is 454 Å². The number of para-hydroxylation sites is 1. The molecular formula is C72H98N14O17S. The van der Waals surface area contributed by atoms with E-state index in [4.69, 9.17) is 0 Å². The molecule has 2 aromatic carbocycles. The third kappa shape index (κ3) is 18.7. The van der Waals surface area contributed by atoms with Crippen LogP contribution in [0.15, 0.2) is 48.5 Å². The Bertz CT molecular complexity index is 3760. The number of carbonyl (C=O) groups is 14. The minimum absolute atomic E-state index is 0.0305. The Balaban J connectivity index is 0.817. The van der Waals surface area contributed by atoms with Crippen molar-refractivity contribution in [3.8, 4) is 0 Å². The second kappa shape index (κ2) is 33.8. The Hall–Kier alpha value is -9.01. The molecule has 5 heterocycles. The minimum atomic E-state index is -1.83. The lowest BCUT2D eigenvalue weighted by Gasteiger charge is -2.56. The number of amides is 14. The van der Waals surface area contributed by atoms with Gasteiger partial charge in [0.2, 0.25) is 82.7 Å². The number of nitrogens with zero attached hydrogens (tertiary/aromatic N) is 2. The molecule has 0 spiro atoms. The fourth-order valence-electron chi connectivity index (χ4n) is 16.0. The maximum atomic E-state index is 15.1. The summed E-state index contributed by atoms with van der Waals surface area (Å²) in [6, 6.07) is 1.43. The first-order valence-corrected chi connectivity index (χ1v) is 37.1. The summed E-state index contributed by atoms with van der Waals surface area (Å²) in [7, 11) is 0. The Kier molecular flexibility index (Phi) is 25.2. The molecule has 4 aliphatic heterocycles. The Morgan fingerprint density at radius 2 is 1.36 bits per heavy atom. The van der Waals surface area contributed by atoms with Gasteiger partial charge in [-0.2, -0.15) is 0 Å². The van der Waals surface area contributed by atoms with Crippen LogP contribution in [0.5, 0.6) is 0 Å². The summed E-state index contributed by atoms with van der Waals surface area (Å²) in [6.07, 6.45) is 2.43. The number of aromatic amines is 1. The standard InChI is InChI=1S/C72H98N14O17S/c1-7-36(4)61-67(99)75-31-57(92)79-49-17-16-48-46(45-10-8-9-11-47(45)78-48)24-50(64(96)74-32-58(93)83-61)80-69(101)62(37(5)53(89)34-87)84-66(98)52-23-44(88)33-86(52)70(102)51(81-65(49)97)25-56(91)73-30-39-12-14-43(15-13-39)77-63(95)38(6)76-68(100)60(35(2)3)82-55(90)18-19-85-59(94)26-54(71(85)103)104-72-27-40-20-41(28-72)22-42(21-40)29-72/h8-15,35-38,40-42,44,49-54,60-62,78,87-89H,7,16-34H2,1-6H3,(H,73,91)(H,74,96)(H,75,99)(H,76,100)(H,77,95)(H,79,92)(H,80,101)(H,81,97)(H,82,90)(H,83,93)(H,84,98)/t36?,37?,38-,40?,41?,42?,44?,49?,50?,51?,52?,53?,54?,60?,61?,62?,72?/m0/s1. The van der Waals surface area contributed by atoms with E-state index in [1.165, 1.54) is 50.1 Å². The Morgan fingerprint density at radius 3 is 2.02 bits per heavy atom. The molecule has 564 valence electrons. The van der Waals surface area contributed by atoms with Crippen LogP contribution in [-0.2, 0) is 86.5 Å². The summed E-state index contributed by atoms with van der Waals surface area (Å²) in [5.41, 5.74) is 2.19. The van der Waals surface area contributed by atoms with Crippen LogP contribution < -0.4 is 58.5 Å². The highest BCUT2D eigenvalue weighted by atomic mass is 32.2. The van der Waals surface area contributed by atoms with E-state index in [9.17, 15) is 77.6 Å². The zero-order valence-corrected chi connectivity index (χ0v) is 60.3. The van der Waals surface area contributed by atoms with E-state index in [1.54, 1.807) is 75.9 Å². The number of thioether (sulfide) groups is 1. The lowest BCUT2D eigenvalue weighted by atomic mass is 9.56. The monoisotopic (exact) mass is 1460 g/mol. The minimum Gasteiger partial charge on any atom is -0.394 e. The summed E-state index contributed by atoms with van der Waals surface area (Å²) in [5.74, 6) is -10.9. The number of hydrogen-bond donors (Lipinski definition) is 15. The van der Waals surface area contributed by atoms with E-state index in [0.29, 0.717) is 51.9 Å². The van der Waals surface area contributed by atoms with Crippen molar-refractivity contribution in [2.45, 2.75) is 209 Å². The van der Waals surface area contributed by atoms with Gasteiger partial charge in [0.1, 0.15) is 48.3 Å². The number of aryl methyl sites for hydroxylation is 1. The van der Waals surface area contributed by atoms with E-state index in [1.807, 2.05) is 0 Å². The molecule has 32 heteroatoms. The van der Waals surface area contributed by atoms with Crippen LogP contribution in [0.3, 0.4) is 0 Å². The summed E-state index contributed by atoms with van der Waals surface area (Å²) < 4.78 is 0.0305. The molecule has 2 saturated heterocycles. The molecule has 15 N–H and O–H groups in total. The Morgan fingerprint density at radius 1 is 0.692 bits per heavy atom. The molecule has 31 nitrogen and oxygen atoms in total. The van der Waals surface area contributed by atoms with Gasteiger partial charge in [0.15, 0.2) is 0 Å². The van der Waals surface area contributed by atoms with Crippen LogP contribution in [-0.4, -0.2) is 216 Å². The van der Waals surface area contributed by atoms with E-state index < -0.39 is 194 Å². The number of rotatable bonds is 20. The Labute approximate surface area is 606 Å². The van der Waals surface area contributed by atoms with Gasteiger partial charge in [0.05, 0.1) is 43.6 Å². The van der Waals surface area contributed by atoms with E-state index in [-0.39, 0.29) is 67.4 Å². The zero-order valence-electron chi connectivity index (χ0n) is 59.4. The second-order valence-corrected chi connectivity index (χ2v) is 31.4. The number of anilines is 1. The molecule has 4 aliphatic carbocycles. The largest absolute Gasteiger partial charge is 0.394 e. The van der Waals surface area contributed by atoms with Gasteiger partial charge in [-0.25, -0.2) is 0 Å². The average Bonchev–Trinajstić information content (AvgIpc) is 1.05. The van der Waals surface area contributed by atoms with Gasteiger partial charge in [0.25, 0.3) is 0 Å². The van der Waals surface area contributed by atoms with Crippen LogP contribution >= 0.6 is 11.8 Å². The molecule has 12 unspecified atom stereocenters. The van der Waals surface area contributed by atoms with Crippen molar-refractivity contribution in [3.05, 3.63) is 65.4 Å². The number of nitrogens with one attached hydrogen (secondary N) is 12. The summed E-state index contributed by atoms with van der Waals surface area (Å²) in [5, 5.41) is 61.3. The smallest absolute Gasteiger partial charge is 0.246 e. The number of imide groups is 1. The summed E-state index contributed by atoms with van der Waals surface area (Å²) in [4.78, 5) is 202. The molecule has 3 aromatic rings. The molecule has 6 bridgehead atoms. The van der Waals surface area contributed by atoms with E-state index >= 15 is 4.79 Å². The van der Waals surface area contributed by atoms with Crippen LogP contribution in [0.2, 0.25) is 0 Å². The van der Waals surface area contributed by atoms with Crippen molar-refractivity contribution < 1.29 is 82.4 Å². The van der Waals surface area contributed by atoms with Crippen molar-refractivity contribution in [1.29, 1.82) is 0 Å². The molecular weight excluding hydrogens is 1360 g/mol. The number of H-pyrrole nitrogens is 1. The quantitative estimate of drug-likeness (QED) is 0.0593. The SMILES string of the molecule is CCC(C)C1NC(=O)CNC(=O)C2Cc3c([nH]c4ccccc34)CCC(NC(=O)CNC1=O)C(=O)NC(CC(=O)NCc1ccc(NC(=O)[C@H](C)NC(=O)C(NC(=O)CCN3C(=O)CC(SC45CC6CC(CC(C6)C4)C5)C3=O)C(C)C)cc1)C(=O)N1CC(O)CC1C(=O)NC(C(C)C(O)CO)C(=O)N2. The molecule has 14 amide bonds. The third-order valence-corrected chi connectivity index (χ3v) is 23.2. The first kappa shape index (κ1) is 77.6. The predicted molar refractivity (Wildman–Crippen MR) is 378 cm³/mol. The number of likely N-dealkylation sites (tertiary alicyclic amines) is 1. The number of aliphatic hydroxyl groups is 3. The summed E-state index contributed by atoms with van der Waals surface area (Å²) in [6.45, 7) is 6.58. The lowest BCUT2D eigenvalue weighted by Crippen LogP contribution is -2.62. The lowest BCUT2D eigenvalue weighted by molar-refractivity contribution is -0.144. The van der Waals surface area contributed by atoms with Crippen LogP contribution in [0.4, 0.5) is 5.69 Å². The fourth-order valence-corrected chi connectivity index (χ4v) is 18.0. The number of aromatic nitrogens is 1. The molecule has 6 fully saturated rings. The van der Waals surface area contributed by atoms with Gasteiger partial charge in [-0.3, -0.25) is 72.0 Å². The van der Waals surface area contributed by atoms with Gasteiger partial charge in [-0.05, 0) is 117 Å². The van der Waals surface area contributed by atoms with Gasteiger partial charge >= 0.3 is 0 Å². The highest BCUT2D eigenvalue weighted by Gasteiger charge is 2.55. The second-order valence-electron chi connectivity index (χ2n) is 29.7. The van der Waals surface area contributed by atoms with Crippen molar-refractivity contribution in [2.75, 3.05) is 38.1 Å². The van der Waals surface area contributed by atoms with Gasteiger partial charge in [0, 0.05) is 78.3 Å². The van der Waals surface area contributed by atoms with Gasteiger partial charge in [-0.15, -0.1) is 11.8 Å². The van der Waals surface area contributed by atoms with Crippen molar-refractivity contribution >= 4 is 111 Å². The number of carbonyl (C=O) groups excluding carboxylic acids is 14. The molecule has 11 rings (SSSR count). The van der Waals surface area contributed by atoms with Crippen LogP contribution in [0.25, 0.3) is 10.9 Å².